The molecule has 29 heavy (non-hydrogen) atoms. The lowest BCUT2D eigenvalue weighted by Gasteiger charge is -2.12. The molecule has 4 nitrogen and oxygen atoms in total. The van der Waals surface area contributed by atoms with Crippen molar-refractivity contribution in [3.63, 3.8) is 0 Å². The van der Waals surface area contributed by atoms with Gasteiger partial charge in [0, 0.05) is 34.1 Å². The molecule has 6 heteroatoms. The van der Waals surface area contributed by atoms with Crippen molar-refractivity contribution in [2.45, 2.75) is 6.92 Å². The molecule has 0 amide bonds. The summed E-state index contributed by atoms with van der Waals surface area (Å²) in [5, 5.41) is 11.0. The third-order valence-corrected chi connectivity index (χ3v) is 4.98. The van der Waals surface area contributed by atoms with Crippen LogP contribution < -0.4 is 5.63 Å². The van der Waals surface area contributed by atoms with Crippen LogP contribution in [0.5, 0.6) is 5.75 Å². The van der Waals surface area contributed by atoms with Gasteiger partial charge in [0.05, 0.1) is 0 Å². The fourth-order valence-corrected chi connectivity index (χ4v) is 3.44. The molecule has 0 fully saturated rings. The molecule has 1 N–H and O–H groups in total. The summed E-state index contributed by atoms with van der Waals surface area (Å²) in [6, 6.07) is 14.5. The predicted octanol–water partition coefficient (Wildman–Crippen LogP) is 5.84. The molecule has 0 saturated carbocycles. The molecule has 0 saturated heterocycles. The first-order chi connectivity index (χ1) is 14.0. The van der Waals surface area contributed by atoms with Crippen LogP contribution in [0, 0.1) is 12.7 Å². The van der Waals surface area contributed by atoms with E-state index in [-0.39, 0.29) is 27.9 Å². The molecule has 0 bridgehead atoms. The Morgan fingerprint density at radius 3 is 2.41 bits per heavy atom. The zero-order valence-electron chi connectivity index (χ0n) is 15.3. The SMILES string of the molecule is Cc1c(-c2cccnc2)oc(=O)c(-c2ccc(-c3ccc(F)cc3)cc2Cl)c1O. The van der Waals surface area contributed by atoms with Gasteiger partial charge in [-0.2, -0.15) is 0 Å². The molecule has 144 valence electrons. The van der Waals surface area contributed by atoms with Gasteiger partial charge < -0.3 is 9.52 Å². The number of hydrogen-bond donors (Lipinski definition) is 1. The van der Waals surface area contributed by atoms with Gasteiger partial charge in [0.15, 0.2) is 0 Å². The van der Waals surface area contributed by atoms with Gasteiger partial charge in [0.1, 0.15) is 22.9 Å². The van der Waals surface area contributed by atoms with Crippen molar-refractivity contribution in [3.05, 3.63) is 93.8 Å². The van der Waals surface area contributed by atoms with E-state index < -0.39 is 5.63 Å². The molecule has 0 aliphatic rings. The lowest BCUT2D eigenvalue weighted by atomic mass is 9.98. The molecule has 2 heterocycles. The number of benzene rings is 2. The smallest absolute Gasteiger partial charge is 0.348 e. The molecule has 2 aromatic heterocycles. The van der Waals surface area contributed by atoms with Crippen molar-refractivity contribution in [1.29, 1.82) is 0 Å². The number of rotatable bonds is 3. The minimum Gasteiger partial charge on any atom is -0.507 e. The van der Waals surface area contributed by atoms with Crippen LogP contribution in [0.15, 0.2) is 76.2 Å². The van der Waals surface area contributed by atoms with Crippen LogP contribution in [-0.4, -0.2) is 10.1 Å². The Hall–Kier alpha value is -3.44. The normalized spacial score (nSPS) is 10.9. The minimum atomic E-state index is -0.705. The Balaban J connectivity index is 1.82. The molecule has 4 aromatic rings. The molecule has 0 aliphatic heterocycles. The highest BCUT2D eigenvalue weighted by molar-refractivity contribution is 6.33. The first-order valence-corrected chi connectivity index (χ1v) is 9.16. The zero-order valence-corrected chi connectivity index (χ0v) is 16.1. The van der Waals surface area contributed by atoms with Crippen LogP contribution in [0.2, 0.25) is 5.02 Å². The van der Waals surface area contributed by atoms with Crippen LogP contribution in [0.3, 0.4) is 0 Å². The van der Waals surface area contributed by atoms with Gasteiger partial charge in [-0.3, -0.25) is 4.98 Å². The maximum atomic E-state index is 13.1. The van der Waals surface area contributed by atoms with Crippen LogP contribution >= 0.6 is 11.6 Å². The first kappa shape index (κ1) is 18.9. The maximum Gasteiger partial charge on any atom is 0.348 e. The molecular formula is C23H15ClFNO3. The fourth-order valence-electron chi connectivity index (χ4n) is 3.16. The van der Waals surface area contributed by atoms with Gasteiger partial charge >= 0.3 is 5.63 Å². The van der Waals surface area contributed by atoms with Crippen molar-refractivity contribution in [1.82, 2.24) is 4.98 Å². The van der Waals surface area contributed by atoms with Gasteiger partial charge in [-0.15, -0.1) is 0 Å². The van der Waals surface area contributed by atoms with Crippen LogP contribution in [0.4, 0.5) is 4.39 Å². The second-order valence-corrected chi connectivity index (χ2v) is 6.92. The van der Waals surface area contributed by atoms with Gasteiger partial charge in [-0.1, -0.05) is 35.9 Å². The first-order valence-electron chi connectivity index (χ1n) is 8.78. The average Bonchev–Trinajstić information content (AvgIpc) is 2.73. The third kappa shape index (κ3) is 3.52. The predicted molar refractivity (Wildman–Crippen MR) is 110 cm³/mol. The Bertz CT molecular complexity index is 1250. The summed E-state index contributed by atoms with van der Waals surface area (Å²) in [4.78, 5) is 16.7. The molecular weight excluding hydrogens is 393 g/mol. The quantitative estimate of drug-likeness (QED) is 0.463. The van der Waals surface area contributed by atoms with E-state index in [1.54, 1.807) is 61.8 Å². The fraction of sp³-hybridized carbons (Fsp3) is 0.0435. The molecule has 0 atom stereocenters. The van der Waals surface area contributed by atoms with Gasteiger partial charge in [-0.05, 0) is 48.4 Å². The van der Waals surface area contributed by atoms with Crippen molar-refractivity contribution in [2.24, 2.45) is 0 Å². The summed E-state index contributed by atoms with van der Waals surface area (Å²) >= 11 is 6.42. The molecule has 0 aliphatic carbocycles. The number of pyridine rings is 1. The standard InChI is InChI=1S/C23H15ClFNO3/c1-13-21(27)20(23(28)29-22(13)16-3-2-10-26-12-16)18-9-6-15(11-19(18)24)14-4-7-17(25)8-5-14/h2-12,27H,1H3. The molecule has 4 rings (SSSR count). The number of aromatic hydroxyl groups is 1. The topological polar surface area (TPSA) is 63.3 Å². The maximum absolute atomic E-state index is 13.1. The molecule has 0 spiro atoms. The second kappa shape index (κ2) is 7.53. The Kier molecular flexibility index (Phi) is 4.91. The third-order valence-electron chi connectivity index (χ3n) is 4.67. The highest BCUT2D eigenvalue weighted by atomic mass is 35.5. The summed E-state index contributed by atoms with van der Waals surface area (Å²) in [5.41, 5.74) is 2.16. The highest BCUT2D eigenvalue weighted by Crippen LogP contribution is 2.39. The summed E-state index contributed by atoms with van der Waals surface area (Å²) < 4.78 is 18.6. The highest BCUT2D eigenvalue weighted by Gasteiger charge is 2.21. The Morgan fingerprint density at radius 1 is 1.03 bits per heavy atom. The van der Waals surface area contributed by atoms with E-state index in [9.17, 15) is 14.3 Å². The van der Waals surface area contributed by atoms with Crippen LogP contribution in [-0.2, 0) is 0 Å². The van der Waals surface area contributed by atoms with Crippen LogP contribution in [0.1, 0.15) is 5.56 Å². The number of nitrogens with zero attached hydrogens (tertiary/aromatic N) is 1. The molecule has 0 radical (unpaired) electrons. The van der Waals surface area contributed by atoms with E-state index in [1.165, 1.54) is 12.1 Å². The monoisotopic (exact) mass is 407 g/mol. The Morgan fingerprint density at radius 2 is 1.76 bits per heavy atom. The van der Waals surface area contributed by atoms with Crippen molar-refractivity contribution < 1.29 is 13.9 Å². The van der Waals surface area contributed by atoms with Gasteiger partial charge in [0.25, 0.3) is 0 Å². The second-order valence-electron chi connectivity index (χ2n) is 6.51. The number of aromatic nitrogens is 1. The van der Waals surface area contributed by atoms with E-state index in [0.717, 1.165) is 11.1 Å². The van der Waals surface area contributed by atoms with Crippen molar-refractivity contribution >= 4 is 11.6 Å². The summed E-state index contributed by atoms with van der Waals surface area (Å²) in [5.74, 6) is -0.275. The van der Waals surface area contributed by atoms with E-state index in [0.29, 0.717) is 16.7 Å². The van der Waals surface area contributed by atoms with Gasteiger partial charge in [0.2, 0.25) is 0 Å². The van der Waals surface area contributed by atoms with E-state index in [4.69, 9.17) is 16.0 Å². The zero-order chi connectivity index (χ0) is 20.5. The van der Waals surface area contributed by atoms with Crippen molar-refractivity contribution in [2.75, 3.05) is 0 Å². The van der Waals surface area contributed by atoms with E-state index >= 15 is 0 Å². The number of hydrogen-bond acceptors (Lipinski definition) is 4. The summed E-state index contributed by atoms with van der Waals surface area (Å²) in [6.45, 7) is 1.66. The Labute approximate surface area is 170 Å². The summed E-state index contributed by atoms with van der Waals surface area (Å²) in [6.07, 6.45) is 3.16. The van der Waals surface area contributed by atoms with Crippen molar-refractivity contribution in [3.8, 4) is 39.3 Å². The summed E-state index contributed by atoms with van der Waals surface area (Å²) in [7, 11) is 0. The van der Waals surface area contributed by atoms with E-state index in [2.05, 4.69) is 4.98 Å². The van der Waals surface area contributed by atoms with Gasteiger partial charge in [-0.25, -0.2) is 9.18 Å². The lowest BCUT2D eigenvalue weighted by molar-refractivity contribution is 0.450. The largest absolute Gasteiger partial charge is 0.507 e. The minimum absolute atomic E-state index is 0.00852. The number of halogens is 2. The molecule has 2 aromatic carbocycles. The lowest BCUT2D eigenvalue weighted by Crippen LogP contribution is -2.06. The molecule has 0 unspecified atom stereocenters. The average molecular weight is 408 g/mol. The van der Waals surface area contributed by atoms with Crippen LogP contribution in [0.25, 0.3) is 33.6 Å². The van der Waals surface area contributed by atoms with E-state index in [1.807, 2.05) is 0 Å².